The van der Waals surface area contributed by atoms with Gasteiger partial charge in [-0.25, -0.2) is 0 Å². The molecule has 3 heterocycles. The van der Waals surface area contributed by atoms with Crippen LogP contribution in [0, 0.1) is 12.8 Å². The molecule has 6 heteroatoms. The molecule has 6 nitrogen and oxygen atoms in total. The number of carbonyl (C=O) groups excluding carboxylic acids is 1. The zero-order valence-electron chi connectivity index (χ0n) is 17.1. The number of likely N-dealkylation sites (tertiary alicyclic amines) is 1. The Kier molecular flexibility index (Phi) is 6.39. The van der Waals surface area contributed by atoms with Crippen molar-refractivity contribution in [3.8, 4) is 11.5 Å². The third-order valence-electron chi connectivity index (χ3n) is 5.65. The van der Waals surface area contributed by atoms with E-state index in [1.807, 2.05) is 25.1 Å². The average Bonchev–Trinajstić information content (AvgIpc) is 3.16. The van der Waals surface area contributed by atoms with E-state index in [4.69, 9.17) is 13.9 Å². The van der Waals surface area contributed by atoms with Crippen LogP contribution in [0.1, 0.15) is 42.8 Å². The zero-order chi connectivity index (χ0) is 20.1. The molecule has 0 radical (unpaired) electrons. The maximum atomic E-state index is 12.2. The van der Waals surface area contributed by atoms with Crippen LogP contribution in [0.3, 0.4) is 0 Å². The molecule has 2 aromatic rings. The summed E-state index contributed by atoms with van der Waals surface area (Å²) in [5.74, 6) is 4.03. The van der Waals surface area contributed by atoms with E-state index < -0.39 is 0 Å². The highest BCUT2D eigenvalue weighted by molar-refractivity contribution is 5.75. The molecule has 1 aromatic carbocycles. The van der Waals surface area contributed by atoms with E-state index in [0.29, 0.717) is 32.1 Å². The third-order valence-corrected chi connectivity index (χ3v) is 5.65. The summed E-state index contributed by atoms with van der Waals surface area (Å²) >= 11 is 0. The molecule has 1 atom stereocenters. The predicted octanol–water partition coefficient (Wildman–Crippen LogP) is 3.67. The van der Waals surface area contributed by atoms with E-state index in [9.17, 15) is 4.79 Å². The average molecular weight is 399 g/mol. The van der Waals surface area contributed by atoms with Gasteiger partial charge in [0.15, 0.2) is 11.5 Å². The van der Waals surface area contributed by atoms with Crippen molar-refractivity contribution in [3.63, 3.8) is 0 Å². The zero-order valence-corrected chi connectivity index (χ0v) is 17.1. The third kappa shape index (κ3) is 5.54. The molecule has 1 amide bonds. The van der Waals surface area contributed by atoms with Crippen LogP contribution in [-0.4, -0.2) is 37.1 Å². The number of amides is 1. The minimum atomic E-state index is 0.100. The van der Waals surface area contributed by atoms with Crippen LogP contribution in [0.15, 0.2) is 34.7 Å². The fourth-order valence-electron chi connectivity index (χ4n) is 4.16. The lowest BCUT2D eigenvalue weighted by atomic mass is 9.93. The summed E-state index contributed by atoms with van der Waals surface area (Å²) in [6, 6.07) is 10.1. The SMILES string of the molecule is Cc1ccc(CNC(=O)CC[C@@H]2CCCN(Cc3ccc4c(c3)OCCO4)C2)o1. The molecule has 0 unspecified atom stereocenters. The van der Waals surface area contributed by atoms with Gasteiger partial charge in [-0.05, 0) is 68.5 Å². The highest BCUT2D eigenvalue weighted by Gasteiger charge is 2.21. The number of rotatable bonds is 7. The summed E-state index contributed by atoms with van der Waals surface area (Å²) in [6.45, 7) is 6.67. The normalized spacial score (nSPS) is 19.1. The summed E-state index contributed by atoms with van der Waals surface area (Å²) in [7, 11) is 0. The Hall–Kier alpha value is -2.47. The van der Waals surface area contributed by atoms with Crippen molar-refractivity contribution in [3.05, 3.63) is 47.4 Å². The summed E-state index contributed by atoms with van der Waals surface area (Å²) in [5.41, 5.74) is 1.25. The number of hydrogen-bond acceptors (Lipinski definition) is 5. The second-order valence-corrected chi connectivity index (χ2v) is 8.05. The van der Waals surface area contributed by atoms with Crippen LogP contribution in [0.5, 0.6) is 11.5 Å². The van der Waals surface area contributed by atoms with E-state index >= 15 is 0 Å². The Morgan fingerprint density at radius 1 is 1.17 bits per heavy atom. The molecule has 29 heavy (non-hydrogen) atoms. The van der Waals surface area contributed by atoms with Gasteiger partial charge in [0.05, 0.1) is 6.54 Å². The van der Waals surface area contributed by atoms with Crippen molar-refractivity contribution in [2.45, 2.75) is 45.7 Å². The van der Waals surface area contributed by atoms with Crippen molar-refractivity contribution in [2.75, 3.05) is 26.3 Å². The quantitative estimate of drug-likeness (QED) is 0.771. The molecule has 0 spiro atoms. The fourth-order valence-corrected chi connectivity index (χ4v) is 4.16. The Bertz CT molecular complexity index is 832. The molecule has 1 fully saturated rings. The Balaban J connectivity index is 1.21. The van der Waals surface area contributed by atoms with Crippen molar-refractivity contribution < 1.29 is 18.7 Å². The number of nitrogens with one attached hydrogen (secondary N) is 1. The molecule has 1 saturated heterocycles. The van der Waals surface area contributed by atoms with Crippen molar-refractivity contribution in [1.82, 2.24) is 10.2 Å². The first kappa shape index (κ1) is 19.8. The van der Waals surface area contributed by atoms with Gasteiger partial charge in [-0.2, -0.15) is 0 Å². The molecule has 156 valence electrons. The second kappa shape index (κ2) is 9.35. The predicted molar refractivity (Wildman–Crippen MR) is 110 cm³/mol. The summed E-state index contributed by atoms with van der Waals surface area (Å²) in [5, 5.41) is 2.96. The van der Waals surface area contributed by atoms with E-state index in [2.05, 4.69) is 22.3 Å². The summed E-state index contributed by atoms with van der Waals surface area (Å²) in [6.07, 6.45) is 3.88. The number of aryl methyl sites for hydroxylation is 1. The molecule has 0 saturated carbocycles. The van der Waals surface area contributed by atoms with Gasteiger partial charge in [-0.3, -0.25) is 9.69 Å². The van der Waals surface area contributed by atoms with Gasteiger partial charge in [0, 0.05) is 19.5 Å². The molecule has 2 aliphatic rings. The smallest absolute Gasteiger partial charge is 0.220 e. The minimum absolute atomic E-state index is 0.100. The Labute approximate surface area is 172 Å². The van der Waals surface area contributed by atoms with Gasteiger partial charge in [-0.15, -0.1) is 0 Å². The van der Waals surface area contributed by atoms with E-state index in [1.165, 1.54) is 18.4 Å². The lowest BCUT2D eigenvalue weighted by Crippen LogP contribution is -2.35. The first-order valence-corrected chi connectivity index (χ1v) is 10.6. The highest BCUT2D eigenvalue weighted by atomic mass is 16.6. The maximum absolute atomic E-state index is 12.2. The van der Waals surface area contributed by atoms with Crippen LogP contribution in [0.4, 0.5) is 0 Å². The van der Waals surface area contributed by atoms with Crippen LogP contribution in [0.25, 0.3) is 0 Å². The van der Waals surface area contributed by atoms with Crippen LogP contribution >= 0.6 is 0 Å². The first-order valence-electron chi connectivity index (χ1n) is 10.6. The molecule has 2 aliphatic heterocycles. The molecule has 1 N–H and O–H groups in total. The first-order chi connectivity index (χ1) is 14.2. The Morgan fingerprint density at radius 2 is 2.03 bits per heavy atom. The van der Waals surface area contributed by atoms with Gasteiger partial charge in [0.2, 0.25) is 5.91 Å². The molecular formula is C23H30N2O4. The second-order valence-electron chi connectivity index (χ2n) is 8.05. The molecule has 0 aliphatic carbocycles. The summed E-state index contributed by atoms with van der Waals surface area (Å²) in [4.78, 5) is 14.7. The highest BCUT2D eigenvalue weighted by Crippen LogP contribution is 2.31. The van der Waals surface area contributed by atoms with Gasteiger partial charge in [0.1, 0.15) is 24.7 Å². The molecule has 4 rings (SSSR count). The van der Waals surface area contributed by atoms with Crippen LogP contribution < -0.4 is 14.8 Å². The van der Waals surface area contributed by atoms with Gasteiger partial charge < -0.3 is 19.2 Å². The van der Waals surface area contributed by atoms with Gasteiger partial charge >= 0.3 is 0 Å². The number of fused-ring (bicyclic) bond motifs is 1. The lowest BCUT2D eigenvalue weighted by molar-refractivity contribution is -0.121. The molecular weight excluding hydrogens is 368 g/mol. The molecule has 0 bridgehead atoms. The number of furan rings is 1. The number of carbonyl (C=O) groups is 1. The van der Waals surface area contributed by atoms with Gasteiger partial charge in [0.25, 0.3) is 0 Å². The lowest BCUT2D eigenvalue weighted by Gasteiger charge is -2.33. The topological polar surface area (TPSA) is 63.9 Å². The van der Waals surface area contributed by atoms with Crippen molar-refractivity contribution in [2.24, 2.45) is 5.92 Å². The minimum Gasteiger partial charge on any atom is -0.486 e. The Morgan fingerprint density at radius 3 is 2.86 bits per heavy atom. The standard InChI is InChI=1S/C23H30N2O4/c1-17-4-7-20(29-17)14-24-23(26)9-6-18-3-2-10-25(15-18)16-19-5-8-21-22(13-19)28-12-11-27-21/h4-5,7-8,13,18H,2-3,6,9-12,14-16H2,1H3,(H,24,26)/t18-/m0/s1. The van der Waals surface area contributed by atoms with E-state index in [1.54, 1.807) is 0 Å². The number of benzene rings is 1. The molecule has 1 aromatic heterocycles. The van der Waals surface area contributed by atoms with E-state index in [0.717, 1.165) is 49.1 Å². The van der Waals surface area contributed by atoms with E-state index in [-0.39, 0.29) is 5.91 Å². The number of piperidine rings is 1. The summed E-state index contributed by atoms with van der Waals surface area (Å²) < 4.78 is 16.8. The largest absolute Gasteiger partial charge is 0.486 e. The monoisotopic (exact) mass is 398 g/mol. The van der Waals surface area contributed by atoms with Gasteiger partial charge in [-0.1, -0.05) is 6.07 Å². The number of nitrogens with zero attached hydrogens (tertiary/aromatic N) is 1. The van der Waals surface area contributed by atoms with Crippen molar-refractivity contribution in [1.29, 1.82) is 0 Å². The van der Waals surface area contributed by atoms with Crippen LogP contribution in [-0.2, 0) is 17.9 Å². The number of ether oxygens (including phenoxy) is 2. The van der Waals surface area contributed by atoms with Crippen LogP contribution in [0.2, 0.25) is 0 Å². The maximum Gasteiger partial charge on any atom is 0.220 e. The fraction of sp³-hybridized carbons (Fsp3) is 0.522. The number of hydrogen-bond donors (Lipinski definition) is 1. The van der Waals surface area contributed by atoms with Crippen molar-refractivity contribution >= 4 is 5.91 Å².